The smallest absolute Gasteiger partial charge is 0.306 e. The summed E-state index contributed by atoms with van der Waals surface area (Å²) in [6.45, 7) is 11.4. The molecule has 1 unspecified atom stereocenters. The second-order valence-corrected chi connectivity index (χ2v) is 18.5. The molecule has 6 heteroatoms. The predicted molar refractivity (Wildman–Crippen MR) is 247 cm³/mol. The zero-order valence-electron chi connectivity index (χ0n) is 39.7. The van der Waals surface area contributed by atoms with Crippen molar-refractivity contribution in [2.75, 3.05) is 13.2 Å². The van der Waals surface area contributed by atoms with Gasteiger partial charge in [0.2, 0.25) is 0 Å². The van der Waals surface area contributed by atoms with Crippen LogP contribution in [0.2, 0.25) is 0 Å². The molecule has 0 aliphatic heterocycles. The summed E-state index contributed by atoms with van der Waals surface area (Å²) in [5.74, 6) is 0.840. The Hall–Kier alpha value is -1.59. The second kappa shape index (κ2) is 44.9. The van der Waals surface area contributed by atoms with Crippen molar-refractivity contribution in [3.8, 4) is 0 Å². The minimum absolute atomic E-state index is 0.0640. The molecule has 0 aromatic rings. The van der Waals surface area contributed by atoms with Crippen molar-refractivity contribution in [3.05, 3.63) is 0 Å². The maximum Gasteiger partial charge on any atom is 0.306 e. The van der Waals surface area contributed by atoms with Crippen molar-refractivity contribution in [2.45, 2.75) is 291 Å². The van der Waals surface area contributed by atoms with Crippen LogP contribution in [0.4, 0.5) is 0 Å². The van der Waals surface area contributed by atoms with Gasteiger partial charge in [-0.2, -0.15) is 0 Å². The molecule has 6 nitrogen and oxygen atoms in total. The Bertz CT molecular complexity index is 887. The number of ether oxygens (including phenoxy) is 3. The SMILES string of the molecule is CCCCCCCCCCCCCC(=O)OC[C@H](COC(=O)CCCCCCCCCCC(C)C)OC(=O)CCCCCCCCCCCCCCCCC(C)CC. The molecule has 0 aliphatic carbocycles. The molecule has 2 atom stereocenters. The first kappa shape index (κ1) is 56.4. The fourth-order valence-corrected chi connectivity index (χ4v) is 7.78. The van der Waals surface area contributed by atoms with Crippen molar-refractivity contribution >= 4 is 17.9 Å². The van der Waals surface area contributed by atoms with Gasteiger partial charge in [-0.05, 0) is 31.1 Å². The van der Waals surface area contributed by atoms with Gasteiger partial charge in [-0.15, -0.1) is 0 Å². The van der Waals surface area contributed by atoms with Gasteiger partial charge in [0.25, 0.3) is 0 Å². The van der Waals surface area contributed by atoms with E-state index in [2.05, 4.69) is 34.6 Å². The molecular formula is C52H100O6. The van der Waals surface area contributed by atoms with Crippen LogP contribution in [0.25, 0.3) is 0 Å². The summed E-state index contributed by atoms with van der Waals surface area (Å²) in [7, 11) is 0. The molecule has 0 spiro atoms. The quantitative estimate of drug-likeness (QED) is 0.0346. The van der Waals surface area contributed by atoms with Crippen LogP contribution in [-0.2, 0) is 28.6 Å². The van der Waals surface area contributed by atoms with Crippen LogP contribution < -0.4 is 0 Å². The summed E-state index contributed by atoms with van der Waals surface area (Å²) >= 11 is 0. The second-order valence-electron chi connectivity index (χ2n) is 18.5. The maximum atomic E-state index is 12.8. The third kappa shape index (κ3) is 44.0. The highest BCUT2D eigenvalue weighted by molar-refractivity contribution is 5.71. The summed E-state index contributed by atoms with van der Waals surface area (Å²) in [5, 5.41) is 0. The maximum absolute atomic E-state index is 12.8. The van der Waals surface area contributed by atoms with E-state index in [0.29, 0.717) is 19.3 Å². The van der Waals surface area contributed by atoms with E-state index in [0.717, 1.165) is 69.6 Å². The van der Waals surface area contributed by atoms with Gasteiger partial charge < -0.3 is 14.2 Å². The first-order valence-corrected chi connectivity index (χ1v) is 25.8. The van der Waals surface area contributed by atoms with Crippen LogP contribution in [0.15, 0.2) is 0 Å². The molecule has 0 aromatic heterocycles. The molecule has 0 heterocycles. The summed E-state index contributed by atoms with van der Waals surface area (Å²) < 4.78 is 16.8. The minimum atomic E-state index is -0.761. The normalized spacial score (nSPS) is 12.5. The van der Waals surface area contributed by atoms with E-state index in [1.54, 1.807) is 0 Å². The molecule has 0 saturated carbocycles. The topological polar surface area (TPSA) is 78.9 Å². The monoisotopic (exact) mass is 821 g/mol. The first-order valence-electron chi connectivity index (χ1n) is 25.8. The largest absolute Gasteiger partial charge is 0.462 e. The summed E-state index contributed by atoms with van der Waals surface area (Å²) in [6, 6.07) is 0. The van der Waals surface area contributed by atoms with Gasteiger partial charge in [0.05, 0.1) is 0 Å². The molecule has 0 fully saturated rings. The average Bonchev–Trinajstić information content (AvgIpc) is 3.21. The highest BCUT2D eigenvalue weighted by atomic mass is 16.6. The van der Waals surface area contributed by atoms with Crippen LogP contribution in [0, 0.1) is 11.8 Å². The molecule has 344 valence electrons. The molecule has 0 aliphatic rings. The molecular weight excluding hydrogens is 721 g/mol. The van der Waals surface area contributed by atoms with E-state index >= 15 is 0 Å². The summed E-state index contributed by atoms with van der Waals surface area (Å²) in [6.07, 6.45) is 45.1. The number of unbranched alkanes of at least 4 members (excludes halogenated alkanes) is 30. The van der Waals surface area contributed by atoms with Crippen LogP contribution in [-0.4, -0.2) is 37.2 Å². The van der Waals surface area contributed by atoms with Crippen LogP contribution in [0.3, 0.4) is 0 Å². The molecule has 0 rings (SSSR count). The lowest BCUT2D eigenvalue weighted by molar-refractivity contribution is -0.167. The van der Waals surface area contributed by atoms with Crippen molar-refractivity contribution < 1.29 is 28.6 Å². The Labute approximate surface area is 361 Å². The van der Waals surface area contributed by atoms with Gasteiger partial charge in [0.15, 0.2) is 6.10 Å². The first-order chi connectivity index (χ1) is 28.3. The van der Waals surface area contributed by atoms with Gasteiger partial charge in [-0.25, -0.2) is 0 Å². The van der Waals surface area contributed by atoms with E-state index in [1.165, 1.54) is 173 Å². The fourth-order valence-electron chi connectivity index (χ4n) is 7.78. The van der Waals surface area contributed by atoms with Crippen molar-refractivity contribution in [3.63, 3.8) is 0 Å². The molecule has 0 saturated heterocycles. The standard InChI is InChI=1S/C52H100O6/c1-6-8-9-10-11-12-17-21-27-32-37-42-50(53)56-45-49(46-57-51(54)43-38-33-28-24-23-25-30-35-40-47(3)4)58-52(55)44-39-34-29-22-19-16-14-13-15-18-20-26-31-36-41-48(5)7-2/h47-49H,6-46H2,1-5H3/t48?,49-/m1/s1. The van der Waals surface area contributed by atoms with E-state index in [4.69, 9.17) is 14.2 Å². The van der Waals surface area contributed by atoms with E-state index in [9.17, 15) is 14.4 Å². The third-order valence-electron chi connectivity index (χ3n) is 12.1. The van der Waals surface area contributed by atoms with Crippen molar-refractivity contribution in [1.82, 2.24) is 0 Å². The Balaban J connectivity index is 4.28. The number of carbonyl (C=O) groups excluding carboxylic acids is 3. The van der Waals surface area contributed by atoms with Crippen LogP contribution >= 0.6 is 0 Å². The summed E-state index contributed by atoms with van der Waals surface area (Å²) in [4.78, 5) is 37.9. The molecule has 0 amide bonds. The Morgan fingerprint density at radius 1 is 0.362 bits per heavy atom. The Morgan fingerprint density at radius 3 is 0.983 bits per heavy atom. The summed E-state index contributed by atoms with van der Waals surface area (Å²) in [5.41, 5.74) is 0. The molecule has 58 heavy (non-hydrogen) atoms. The highest BCUT2D eigenvalue weighted by Gasteiger charge is 2.19. The third-order valence-corrected chi connectivity index (χ3v) is 12.1. The van der Waals surface area contributed by atoms with Crippen molar-refractivity contribution in [2.24, 2.45) is 11.8 Å². The zero-order chi connectivity index (χ0) is 42.6. The lowest BCUT2D eigenvalue weighted by Crippen LogP contribution is -2.30. The van der Waals surface area contributed by atoms with E-state index in [-0.39, 0.29) is 31.1 Å². The Morgan fingerprint density at radius 2 is 0.655 bits per heavy atom. The minimum Gasteiger partial charge on any atom is -0.462 e. The highest BCUT2D eigenvalue weighted by Crippen LogP contribution is 2.18. The molecule has 0 bridgehead atoms. The van der Waals surface area contributed by atoms with Gasteiger partial charge in [-0.3, -0.25) is 14.4 Å². The van der Waals surface area contributed by atoms with Gasteiger partial charge >= 0.3 is 17.9 Å². The predicted octanol–water partition coefficient (Wildman–Crippen LogP) is 16.5. The number of hydrogen-bond donors (Lipinski definition) is 0. The molecule has 0 aromatic carbocycles. The zero-order valence-corrected chi connectivity index (χ0v) is 39.7. The van der Waals surface area contributed by atoms with Gasteiger partial charge in [0.1, 0.15) is 13.2 Å². The fraction of sp³-hybridized carbons (Fsp3) is 0.942. The van der Waals surface area contributed by atoms with Crippen LogP contribution in [0.5, 0.6) is 0 Å². The lowest BCUT2D eigenvalue weighted by atomic mass is 9.99. The Kier molecular flexibility index (Phi) is 43.7. The van der Waals surface area contributed by atoms with E-state index < -0.39 is 6.10 Å². The number of esters is 3. The lowest BCUT2D eigenvalue weighted by Gasteiger charge is -2.18. The van der Waals surface area contributed by atoms with Crippen LogP contribution in [0.1, 0.15) is 285 Å². The molecule has 0 radical (unpaired) electrons. The number of rotatable bonds is 46. The van der Waals surface area contributed by atoms with Crippen molar-refractivity contribution in [1.29, 1.82) is 0 Å². The van der Waals surface area contributed by atoms with E-state index in [1.807, 2.05) is 0 Å². The molecule has 0 N–H and O–H groups in total. The average molecular weight is 821 g/mol. The van der Waals surface area contributed by atoms with Gasteiger partial charge in [0, 0.05) is 19.3 Å². The number of carbonyl (C=O) groups is 3. The number of hydrogen-bond acceptors (Lipinski definition) is 6. The van der Waals surface area contributed by atoms with Gasteiger partial charge in [-0.1, -0.05) is 247 Å².